The lowest BCUT2D eigenvalue weighted by molar-refractivity contribution is 0.0989. The zero-order valence-corrected chi connectivity index (χ0v) is 15.5. The number of thiazole rings is 1. The van der Waals surface area contributed by atoms with Crippen molar-refractivity contribution in [2.75, 3.05) is 0 Å². The average Bonchev–Trinajstić information content (AvgIpc) is 3.34. The highest BCUT2D eigenvalue weighted by atomic mass is 35.5. The molecule has 0 aliphatic carbocycles. The molecule has 0 spiro atoms. The normalized spacial score (nSPS) is 11.7. The van der Waals surface area contributed by atoms with Gasteiger partial charge in [0, 0.05) is 40.6 Å². The van der Waals surface area contributed by atoms with Crippen LogP contribution in [0.1, 0.15) is 16.1 Å². The van der Waals surface area contributed by atoms with Crippen molar-refractivity contribution in [3.05, 3.63) is 87.5 Å². The summed E-state index contributed by atoms with van der Waals surface area (Å²) in [7, 11) is 0. The maximum Gasteiger partial charge on any atom is 0.301 e. The van der Waals surface area contributed by atoms with Crippen molar-refractivity contribution >= 4 is 28.8 Å². The van der Waals surface area contributed by atoms with E-state index in [-0.39, 0.29) is 5.69 Å². The molecule has 0 aliphatic heterocycles. The molecule has 4 rings (SSSR count). The van der Waals surface area contributed by atoms with E-state index in [1.54, 1.807) is 30.6 Å². The van der Waals surface area contributed by atoms with Gasteiger partial charge in [0.25, 0.3) is 0 Å². The van der Waals surface area contributed by atoms with Gasteiger partial charge in [-0.15, -0.1) is 11.3 Å². The molecule has 8 heteroatoms. The van der Waals surface area contributed by atoms with Crippen molar-refractivity contribution in [2.45, 2.75) is 6.54 Å². The zero-order valence-electron chi connectivity index (χ0n) is 13.9. The number of carbonyl (C=O) groups is 1. The number of hydrogen-bond acceptors (Lipinski definition) is 5. The minimum atomic E-state index is -0.464. The van der Waals surface area contributed by atoms with Crippen LogP contribution in [-0.2, 0) is 6.54 Å². The fraction of sp³-hybridized carbons (Fsp3) is 0.0526. The summed E-state index contributed by atoms with van der Waals surface area (Å²) in [5, 5.41) is 6.38. The van der Waals surface area contributed by atoms with Gasteiger partial charge in [-0.3, -0.25) is 9.78 Å². The minimum absolute atomic E-state index is 0.152. The van der Waals surface area contributed by atoms with Crippen LogP contribution < -0.4 is 4.80 Å². The lowest BCUT2D eigenvalue weighted by Gasteiger charge is -2.05. The van der Waals surface area contributed by atoms with Gasteiger partial charge in [-0.05, 0) is 23.8 Å². The molecule has 0 radical (unpaired) electrons. The molecular formula is C19H13ClN4O2S. The first kappa shape index (κ1) is 17.4. The van der Waals surface area contributed by atoms with E-state index in [1.807, 2.05) is 40.4 Å². The SMILES string of the molecule is O=C(N=c1sccn1Cc1ccccc1Cl)c1cc(-c2ccncc2)on1. The Morgan fingerprint density at radius 2 is 2.04 bits per heavy atom. The molecular weight excluding hydrogens is 384 g/mol. The molecule has 0 atom stereocenters. The number of carbonyl (C=O) groups excluding carboxylic acids is 1. The van der Waals surface area contributed by atoms with E-state index in [9.17, 15) is 4.79 Å². The summed E-state index contributed by atoms with van der Waals surface area (Å²) in [6.07, 6.45) is 5.16. The van der Waals surface area contributed by atoms with E-state index in [4.69, 9.17) is 16.1 Å². The number of hydrogen-bond donors (Lipinski definition) is 0. The number of amides is 1. The van der Waals surface area contributed by atoms with Crippen LogP contribution in [0.4, 0.5) is 0 Å². The molecule has 1 amide bonds. The van der Waals surface area contributed by atoms with Crippen molar-refractivity contribution < 1.29 is 9.32 Å². The van der Waals surface area contributed by atoms with Gasteiger partial charge in [0.15, 0.2) is 16.3 Å². The second kappa shape index (κ2) is 7.69. The molecule has 0 saturated heterocycles. The van der Waals surface area contributed by atoms with Crippen molar-refractivity contribution in [3.63, 3.8) is 0 Å². The first-order chi connectivity index (χ1) is 13.2. The summed E-state index contributed by atoms with van der Waals surface area (Å²) >= 11 is 7.59. The summed E-state index contributed by atoms with van der Waals surface area (Å²) in [6, 6.07) is 12.7. The molecule has 4 aromatic rings. The van der Waals surface area contributed by atoms with Crippen LogP contribution >= 0.6 is 22.9 Å². The number of aromatic nitrogens is 3. The lowest BCUT2D eigenvalue weighted by Crippen LogP contribution is -2.17. The first-order valence-corrected chi connectivity index (χ1v) is 9.30. The predicted molar refractivity (Wildman–Crippen MR) is 102 cm³/mol. The molecule has 6 nitrogen and oxygen atoms in total. The van der Waals surface area contributed by atoms with E-state index < -0.39 is 5.91 Å². The third kappa shape index (κ3) is 3.89. The molecule has 0 saturated carbocycles. The Labute approximate surface area is 163 Å². The van der Waals surface area contributed by atoms with Gasteiger partial charge < -0.3 is 9.09 Å². The predicted octanol–water partition coefficient (Wildman–Crippen LogP) is 4.04. The number of benzene rings is 1. The zero-order chi connectivity index (χ0) is 18.6. The highest BCUT2D eigenvalue weighted by molar-refractivity contribution is 7.07. The third-order valence-electron chi connectivity index (χ3n) is 3.85. The molecule has 0 aliphatic rings. The summed E-state index contributed by atoms with van der Waals surface area (Å²) in [5.41, 5.74) is 1.90. The van der Waals surface area contributed by atoms with E-state index >= 15 is 0 Å². The van der Waals surface area contributed by atoms with Crippen molar-refractivity contribution in [1.82, 2.24) is 14.7 Å². The largest absolute Gasteiger partial charge is 0.355 e. The Bertz CT molecular complexity index is 1150. The number of rotatable bonds is 4. The van der Waals surface area contributed by atoms with Gasteiger partial charge in [0.05, 0.1) is 6.54 Å². The Hall–Kier alpha value is -3.03. The van der Waals surface area contributed by atoms with E-state index in [0.29, 0.717) is 22.1 Å². The molecule has 0 bridgehead atoms. The second-order valence-corrected chi connectivity index (χ2v) is 6.91. The number of nitrogens with zero attached hydrogens (tertiary/aromatic N) is 4. The topological polar surface area (TPSA) is 73.3 Å². The van der Waals surface area contributed by atoms with E-state index in [0.717, 1.165) is 11.1 Å². The molecule has 0 fully saturated rings. The fourth-order valence-electron chi connectivity index (χ4n) is 2.49. The number of pyridine rings is 1. The van der Waals surface area contributed by atoms with Crippen LogP contribution in [0.2, 0.25) is 5.02 Å². The Kier molecular flexibility index (Phi) is 4.95. The molecule has 0 unspecified atom stereocenters. The van der Waals surface area contributed by atoms with Crippen LogP contribution in [-0.4, -0.2) is 20.6 Å². The van der Waals surface area contributed by atoms with Crippen LogP contribution in [0.3, 0.4) is 0 Å². The van der Waals surface area contributed by atoms with Crippen LogP contribution in [0.15, 0.2) is 76.0 Å². The summed E-state index contributed by atoms with van der Waals surface area (Å²) in [5.74, 6) is 0.0282. The van der Waals surface area contributed by atoms with Gasteiger partial charge >= 0.3 is 5.91 Å². The van der Waals surface area contributed by atoms with Gasteiger partial charge in [-0.25, -0.2) is 0 Å². The highest BCUT2D eigenvalue weighted by Gasteiger charge is 2.13. The van der Waals surface area contributed by atoms with Crippen LogP contribution in [0.25, 0.3) is 11.3 Å². The fourth-order valence-corrected chi connectivity index (χ4v) is 3.41. The quantitative estimate of drug-likeness (QED) is 0.521. The monoisotopic (exact) mass is 396 g/mol. The Morgan fingerprint density at radius 1 is 1.22 bits per heavy atom. The van der Waals surface area contributed by atoms with Gasteiger partial charge in [-0.2, -0.15) is 4.99 Å². The number of halogens is 1. The third-order valence-corrected chi connectivity index (χ3v) is 5.01. The Morgan fingerprint density at radius 3 is 2.85 bits per heavy atom. The van der Waals surface area contributed by atoms with E-state index in [1.165, 1.54) is 11.3 Å². The summed E-state index contributed by atoms with van der Waals surface area (Å²) in [4.78, 5) is 21.2. The maximum absolute atomic E-state index is 12.5. The highest BCUT2D eigenvalue weighted by Crippen LogP contribution is 2.19. The summed E-state index contributed by atoms with van der Waals surface area (Å²) < 4.78 is 7.12. The van der Waals surface area contributed by atoms with Crippen LogP contribution in [0, 0.1) is 0 Å². The average molecular weight is 397 g/mol. The van der Waals surface area contributed by atoms with Crippen molar-refractivity contribution in [1.29, 1.82) is 0 Å². The molecule has 3 aromatic heterocycles. The second-order valence-electron chi connectivity index (χ2n) is 5.63. The van der Waals surface area contributed by atoms with Gasteiger partial charge in [0.1, 0.15) is 0 Å². The molecule has 1 aromatic carbocycles. The van der Waals surface area contributed by atoms with Crippen molar-refractivity contribution in [2.24, 2.45) is 4.99 Å². The van der Waals surface area contributed by atoms with Gasteiger partial charge in [-0.1, -0.05) is 35.0 Å². The minimum Gasteiger partial charge on any atom is -0.355 e. The maximum atomic E-state index is 12.5. The van der Waals surface area contributed by atoms with Gasteiger partial charge in [0.2, 0.25) is 0 Å². The standard InChI is InChI=1S/C19H13ClN4O2S/c20-15-4-2-1-3-14(15)12-24-9-10-27-19(24)22-18(25)16-11-17(26-23-16)13-5-7-21-8-6-13/h1-11H,12H2. The van der Waals surface area contributed by atoms with Crippen molar-refractivity contribution in [3.8, 4) is 11.3 Å². The molecule has 3 heterocycles. The first-order valence-electron chi connectivity index (χ1n) is 8.04. The Balaban J connectivity index is 1.60. The molecule has 27 heavy (non-hydrogen) atoms. The smallest absolute Gasteiger partial charge is 0.301 e. The van der Waals surface area contributed by atoms with Crippen LogP contribution in [0.5, 0.6) is 0 Å². The summed E-state index contributed by atoms with van der Waals surface area (Å²) in [6.45, 7) is 0.524. The molecule has 0 N–H and O–H groups in total. The van der Waals surface area contributed by atoms with E-state index in [2.05, 4.69) is 15.1 Å². The lowest BCUT2D eigenvalue weighted by atomic mass is 10.2. The molecule has 134 valence electrons.